The number of amides is 2. The molecule has 2 amide bonds. The number of hydrogen-bond acceptors (Lipinski definition) is 5. The summed E-state index contributed by atoms with van der Waals surface area (Å²) >= 11 is 5.90. The molecule has 1 N–H and O–H groups in total. The van der Waals surface area contributed by atoms with Crippen LogP contribution >= 0.6 is 24.4 Å². The topological polar surface area (TPSA) is 55.4 Å². The number of carbonyl (C=O) groups is 2. The smallest absolute Gasteiger partial charge is 0.244 e. The van der Waals surface area contributed by atoms with Gasteiger partial charge in [-0.05, 0) is 48.5 Å². The Morgan fingerprint density at radius 3 is 2.58 bits per heavy atom. The lowest BCUT2D eigenvalue weighted by molar-refractivity contribution is -0.125. The Labute approximate surface area is 152 Å². The van der Waals surface area contributed by atoms with Crippen LogP contribution in [-0.2, 0) is 9.59 Å². The summed E-state index contributed by atoms with van der Waals surface area (Å²) < 4.78 is 4.59. The van der Waals surface area contributed by atoms with Gasteiger partial charge in [-0.15, -0.1) is 11.8 Å². The van der Waals surface area contributed by atoms with Gasteiger partial charge in [0.15, 0.2) is 0 Å². The maximum Gasteiger partial charge on any atom is 0.244 e. The van der Waals surface area contributed by atoms with E-state index in [9.17, 15) is 9.59 Å². The predicted octanol–water partition coefficient (Wildman–Crippen LogP) is 3.03. The number of carbonyl (C=O) groups excluding carboxylic acids is 2. The molecule has 1 aromatic carbocycles. The SMILES string of the molecule is COc1ccc([C@@H]2C[C@@H]3C(=O)NC(=O)[C@@]32SCCCCCS)cc1. The van der Waals surface area contributed by atoms with Gasteiger partial charge >= 0.3 is 0 Å². The average molecular weight is 366 g/mol. The van der Waals surface area contributed by atoms with Crippen molar-refractivity contribution in [1.82, 2.24) is 5.32 Å². The molecule has 1 aliphatic carbocycles. The molecule has 3 atom stereocenters. The van der Waals surface area contributed by atoms with Crippen molar-refractivity contribution in [1.29, 1.82) is 0 Å². The van der Waals surface area contributed by atoms with Crippen molar-refractivity contribution in [3.05, 3.63) is 29.8 Å². The molecule has 0 unspecified atom stereocenters. The average Bonchev–Trinajstić information content (AvgIpc) is 2.74. The van der Waals surface area contributed by atoms with Crippen LogP contribution in [0, 0.1) is 5.92 Å². The van der Waals surface area contributed by atoms with Gasteiger partial charge in [-0.2, -0.15) is 12.6 Å². The Balaban J connectivity index is 1.76. The van der Waals surface area contributed by atoms with E-state index in [0.29, 0.717) is 0 Å². The molecule has 1 saturated carbocycles. The summed E-state index contributed by atoms with van der Waals surface area (Å²) in [6, 6.07) is 7.86. The van der Waals surface area contributed by atoms with Crippen molar-refractivity contribution < 1.29 is 14.3 Å². The molecule has 2 fully saturated rings. The number of methoxy groups -OCH3 is 1. The zero-order chi connectivity index (χ0) is 17.2. The van der Waals surface area contributed by atoms with E-state index in [4.69, 9.17) is 4.74 Å². The van der Waals surface area contributed by atoms with Crippen molar-refractivity contribution in [3.63, 3.8) is 0 Å². The van der Waals surface area contributed by atoms with E-state index in [1.54, 1.807) is 18.9 Å². The zero-order valence-corrected chi connectivity index (χ0v) is 15.5. The molecule has 1 heterocycles. The number of thiol groups is 1. The monoisotopic (exact) mass is 365 g/mol. The number of rotatable bonds is 8. The van der Waals surface area contributed by atoms with Crippen LogP contribution in [0.15, 0.2) is 24.3 Å². The van der Waals surface area contributed by atoms with Gasteiger partial charge in [0.05, 0.1) is 13.0 Å². The molecule has 1 aromatic rings. The Kier molecular flexibility index (Phi) is 5.45. The van der Waals surface area contributed by atoms with E-state index in [1.807, 2.05) is 24.3 Å². The van der Waals surface area contributed by atoms with E-state index < -0.39 is 4.75 Å². The van der Waals surface area contributed by atoms with Crippen LogP contribution in [0.1, 0.15) is 37.2 Å². The second-order valence-corrected chi connectivity index (χ2v) is 8.18. The van der Waals surface area contributed by atoms with Crippen LogP contribution in [0.4, 0.5) is 0 Å². The van der Waals surface area contributed by atoms with Crippen LogP contribution < -0.4 is 10.1 Å². The molecule has 24 heavy (non-hydrogen) atoms. The number of unbranched alkanes of at least 4 members (excludes halogenated alkanes) is 2. The van der Waals surface area contributed by atoms with E-state index in [0.717, 1.165) is 48.5 Å². The molecule has 0 bridgehead atoms. The number of imide groups is 1. The zero-order valence-electron chi connectivity index (χ0n) is 13.8. The Bertz CT molecular complexity index is 619. The fourth-order valence-electron chi connectivity index (χ4n) is 3.70. The Hall–Kier alpha value is -1.14. The minimum atomic E-state index is -0.618. The predicted molar refractivity (Wildman–Crippen MR) is 99.9 cm³/mol. The van der Waals surface area contributed by atoms with Crippen molar-refractivity contribution in [2.75, 3.05) is 18.6 Å². The first-order chi connectivity index (χ1) is 11.6. The third-order valence-electron chi connectivity index (χ3n) is 5.08. The van der Waals surface area contributed by atoms with Gasteiger partial charge in [-0.1, -0.05) is 18.6 Å². The van der Waals surface area contributed by atoms with Crippen molar-refractivity contribution >= 4 is 36.2 Å². The van der Waals surface area contributed by atoms with Crippen LogP contribution in [-0.4, -0.2) is 35.2 Å². The second kappa shape index (κ2) is 7.40. The lowest BCUT2D eigenvalue weighted by Gasteiger charge is -2.48. The summed E-state index contributed by atoms with van der Waals surface area (Å²) in [5.41, 5.74) is 1.11. The highest BCUT2D eigenvalue weighted by molar-refractivity contribution is 8.01. The summed E-state index contributed by atoms with van der Waals surface area (Å²) in [4.78, 5) is 24.7. The molecule has 2 aliphatic rings. The minimum Gasteiger partial charge on any atom is -0.497 e. The molecule has 0 spiro atoms. The summed E-state index contributed by atoms with van der Waals surface area (Å²) in [5, 5.41) is 2.56. The quantitative estimate of drug-likeness (QED) is 0.422. The fourth-order valence-corrected chi connectivity index (χ4v) is 5.63. The van der Waals surface area contributed by atoms with Crippen LogP contribution in [0.2, 0.25) is 0 Å². The van der Waals surface area contributed by atoms with Crippen LogP contribution in [0.25, 0.3) is 0 Å². The molecular formula is C18H23NO3S2. The molecule has 3 rings (SSSR count). The number of benzene rings is 1. The number of hydrogen-bond donors (Lipinski definition) is 2. The van der Waals surface area contributed by atoms with E-state index >= 15 is 0 Å². The van der Waals surface area contributed by atoms with Crippen molar-refractivity contribution in [2.45, 2.75) is 36.3 Å². The largest absolute Gasteiger partial charge is 0.497 e. The number of thioether (sulfide) groups is 1. The van der Waals surface area contributed by atoms with Gasteiger partial charge in [0.25, 0.3) is 0 Å². The maximum absolute atomic E-state index is 12.6. The fraction of sp³-hybridized carbons (Fsp3) is 0.556. The third-order valence-corrected chi connectivity index (χ3v) is 7.12. The summed E-state index contributed by atoms with van der Waals surface area (Å²) in [6.45, 7) is 0. The Morgan fingerprint density at radius 2 is 1.96 bits per heavy atom. The Morgan fingerprint density at radius 1 is 1.21 bits per heavy atom. The number of ether oxygens (including phenoxy) is 1. The second-order valence-electron chi connectivity index (χ2n) is 6.36. The van der Waals surface area contributed by atoms with Gasteiger partial charge in [-0.25, -0.2) is 0 Å². The summed E-state index contributed by atoms with van der Waals surface area (Å²) in [5.74, 6) is 2.29. The minimum absolute atomic E-state index is 0.0923. The summed E-state index contributed by atoms with van der Waals surface area (Å²) in [7, 11) is 1.64. The summed E-state index contributed by atoms with van der Waals surface area (Å²) in [6.07, 6.45) is 4.00. The molecule has 6 heteroatoms. The molecule has 0 radical (unpaired) electrons. The normalized spacial score (nSPS) is 28.2. The molecule has 1 aliphatic heterocycles. The third kappa shape index (κ3) is 2.94. The standard InChI is InChI=1S/C18H23NO3S2/c1-22-13-7-5-12(6-8-13)14-11-15-16(20)19-17(21)18(14,15)24-10-4-2-3-9-23/h5-8,14-15,23H,2-4,9-11H2,1H3,(H,19,20,21)/t14-,15+,18-/m0/s1. The molecule has 4 nitrogen and oxygen atoms in total. The van der Waals surface area contributed by atoms with Gasteiger partial charge in [0, 0.05) is 5.92 Å². The highest BCUT2D eigenvalue weighted by Crippen LogP contribution is 2.61. The molecule has 0 aromatic heterocycles. The molecule has 1 saturated heterocycles. The first-order valence-electron chi connectivity index (χ1n) is 8.37. The van der Waals surface area contributed by atoms with Crippen molar-refractivity contribution in [2.24, 2.45) is 5.92 Å². The lowest BCUT2D eigenvalue weighted by Crippen LogP contribution is -2.54. The van der Waals surface area contributed by atoms with Crippen molar-refractivity contribution in [3.8, 4) is 5.75 Å². The molecular weight excluding hydrogens is 342 g/mol. The van der Waals surface area contributed by atoms with Crippen LogP contribution in [0.3, 0.4) is 0 Å². The van der Waals surface area contributed by atoms with Gasteiger partial charge in [0.1, 0.15) is 10.5 Å². The number of fused-ring (bicyclic) bond motifs is 1. The van der Waals surface area contributed by atoms with E-state index in [-0.39, 0.29) is 23.7 Å². The van der Waals surface area contributed by atoms with Crippen LogP contribution in [0.5, 0.6) is 5.75 Å². The first-order valence-corrected chi connectivity index (χ1v) is 9.99. The van der Waals surface area contributed by atoms with E-state index in [1.165, 1.54) is 0 Å². The highest BCUT2D eigenvalue weighted by atomic mass is 32.2. The lowest BCUT2D eigenvalue weighted by atomic mass is 9.62. The first kappa shape index (κ1) is 17.7. The van der Waals surface area contributed by atoms with E-state index in [2.05, 4.69) is 17.9 Å². The maximum atomic E-state index is 12.6. The molecule has 130 valence electrons. The number of nitrogens with one attached hydrogen (secondary N) is 1. The van der Waals surface area contributed by atoms with Gasteiger partial charge in [0.2, 0.25) is 11.8 Å². The van der Waals surface area contributed by atoms with Gasteiger partial charge in [-0.3, -0.25) is 14.9 Å². The van der Waals surface area contributed by atoms with Gasteiger partial charge < -0.3 is 4.74 Å². The highest BCUT2D eigenvalue weighted by Gasteiger charge is 2.67.